The van der Waals surface area contributed by atoms with E-state index in [0.717, 1.165) is 0 Å². The summed E-state index contributed by atoms with van der Waals surface area (Å²) in [6.07, 6.45) is -6.47. The lowest BCUT2D eigenvalue weighted by Gasteiger charge is -2.30. The third-order valence-electron chi connectivity index (χ3n) is 2.02. The van der Waals surface area contributed by atoms with Crippen molar-refractivity contribution in [2.45, 2.75) is 37.4 Å². The Morgan fingerprint density at radius 3 is 1.93 bits per heavy atom. The SMILES string of the molecule is BOC(C(O)CO)[C@@H](O)C(O)[C@H](C)O. The molecule has 0 heterocycles. The van der Waals surface area contributed by atoms with Gasteiger partial charge in [-0.1, -0.05) is 0 Å². The largest absolute Gasteiger partial charge is 0.436 e. The Morgan fingerprint density at radius 1 is 1.14 bits per heavy atom. The van der Waals surface area contributed by atoms with E-state index in [0.29, 0.717) is 0 Å². The molecule has 84 valence electrons. The summed E-state index contributed by atoms with van der Waals surface area (Å²) in [5.74, 6) is 0. The zero-order chi connectivity index (χ0) is 11.3. The second kappa shape index (κ2) is 6.33. The van der Waals surface area contributed by atoms with Gasteiger partial charge in [0.05, 0.1) is 18.8 Å². The summed E-state index contributed by atoms with van der Waals surface area (Å²) < 4.78 is 4.70. The maximum atomic E-state index is 9.44. The van der Waals surface area contributed by atoms with Crippen molar-refractivity contribution >= 4 is 8.05 Å². The minimum atomic E-state index is -1.46. The molecule has 0 spiro atoms. The molecule has 0 bridgehead atoms. The van der Waals surface area contributed by atoms with Crippen molar-refractivity contribution in [1.29, 1.82) is 0 Å². The van der Waals surface area contributed by atoms with Crippen LogP contribution in [0, 0.1) is 0 Å². The fraction of sp³-hybridized carbons (Fsp3) is 1.00. The van der Waals surface area contributed by atoms with Crippen molar-refractivity contribution in [1.82, 2.24) is 0 Å². The molecule has 3 unspecified atom stereocenters. The molecule has 0 saturated heterocycles. The molecule has 0 aromatic carbocycles. The van der Waals surface area contributed by atoms with Crippen LogP contribution in [0.5, 0.6) is 0 Å². The van der Waals surface area contributed by atoms with Crippen LogP contribution in [0.15, 0.2) is 0 Å². The highest BCUT2D eigenvalue weighted by Crippen LogP contribution is 2.10. The Hall–Kier alpha value is -0.175. The van der Waals surface area contributed by atoms with Gasteiger partial charge in [-0.2, -0.15) is 0 Å². The third kappa shape index (κ3) is 3.53. The predicted molar refractivity (Wildman–Crippen MR) is 50.2 cm³/mol. The Labute approximate surface area is 83.2 Å². The average Bonchev–Trinajstić information content (AvgIpc) is 2.16. The number of hydrogen-bond acceptors (Lipinski definition) is 6. The highest BCUT2D eigenvalue weighted by Gasteiger charge is 2.33. The smallest absolute Gasteiger partial charge is 0.257 e. The van der Waals surface area contributed by atoms with E-state index in [2.05, 4.69) is 0 Å². The van der Waals surface area contributed by atoms with Gasteiger partial charge in [-0.3, -0.25) is 0 Å². The highest BCUT2D eigenvalue weighted by molar-refractivity contribution is 5.98. The minimum Gasteiger partial charge on any atom is -0.436 e. The summed E-state index contributed by atoms with van der Waals surface area (Å²) in [5, 5.41) is 45.5. The van der Waals surface area contributed by atoms with Crippen LogP contribution in [0.2, 0.25) is 0 Å². The monoisotopic (exact) mass is 208 g/mol. The summed E-state index contributed by atoms with van der Waals surface area (Å²) in [7, 11) is 1.22. The second-order valence-electron chi connectivity index (χ2n) is 3.17. The number of aliphatic hydroxyl groups excluding tert-OH is 5. The quantitative estimate of drug-likeness (QED) is 0.288. The molecule has 0 aromatic heterocycles. The van der Waals surface area contributed by atoms with Gasteiger partial charge < -0.3 is 30.2 Å². The van der Waals surface area contributed by atoms with E-state index in [-0.39, 0.29) is 0 Å². The van der Waals surface area contributed by atoms with Crippen LogP contribution < -0.4 is 0 Å². The van der Waals surface area contributed by atoms with Gasteiger partial charge in [0.15, 0.2) is 0 Å². The Bertz CT molecular complexity index is 155. The molecule has 0 rings (SSSR count). The molecule has 0 aliphatic rings. The molecule has 0 radical (unpaired) electrons. The van der Waals surface area contributed by atoms with Gasteiger partial charge in [0.1, 0.15) is 18.3 Å². The van der Waals surface area contributed by atoms with Gasteiger partial charge >= 0.3 is 0 Å². The molecular formula is C7H17BO6. The van der Waals surface area contributed by atoms with Crippen LogP contribution in [0.25, 0.3) is 0 Å². The van der Waals surface area contributed by atoms with Gasteiger partial charge in [0, 0.05) is 0 Å². The molecule has 5 N–H and O–H groups in total. The Morgan fingerprint density at radius 2 is 1.64 bits per heavy atom. The summed E-state index contributed by atoms with van der Waals surface area (Å²) in [6, 6.07) is 0. The lowest BCUT2D eigenvalue weighted by atomic mass is 9.99. The molecule has 0 aromatic rings. The first-order valence-electron chi connectivity index (χ1n) is 4.31. The van der Waals surface area contributed by atoms with Crippen molar-refractivity contribution in [3.8, 4) is 0 Å². The molecular weight excluding hydrogens is 191 g/mol. The molecule has 7 heteroatoms. The van der Waals surface area contributed by atoms with Crippen molar-refractivity contribution in [3.05, 3.63) is 0 Å². The first kappa shape index (κ1) is 13.8. The molecule has 0 fully saturated rings. The fourth-order valence-corrected chi connectivity index (χ4v) is 1.11. The topological polar surface area (TPSA) is 110 Å². The van der Waals surface area contributed by atoms with Gasteiger partial charge in [0.2, 0.25) is 0 Å². The lowest BCUT2D eigenvalue weighted by Crippen LogP contribution is -2.50. The number of hydrogen-bond donors (Lipinski definition) is 5. The van der Waals surface area contributed by atoms with E-state index in [4.69, 9.17) is 14.9 Å². The second-order valence-corrected chi connectivity index (χ2v) is 3.17. The zero-order valence-corrected chi connectivity index (χ0v) is 8.24. The van der Waals surface area contributed by atoms with E-state index in [1.807, 2.05) is 0 Å². The van der Waals surface area contributed by atoms with Gasteiger partial charge in [-0.15, -0.1) is 0 Å². The molecule has 0 aliphatic carbocycles. The van der Waals surface area contributed by atoms with Crippen LogP contribution in [-0.2, 0) is 4.65 Å². The van der Waals surface area contributed by atoms with Crippen molar-refractivity contribution in [2.75, 3.05) is 6.61 Å². The summed E-state index contributed by atoms with van der Waals surface area (Å²) in [5.41, 5.74) is 0. The molecule has 5 atom stereocenters. The lowest BCUT2D eigenvalue weighted by molar-refractivity contribution is -0.127. The summed E-state index contributed by atoms with van der Waals surface area (Å²) in [4.78, 5) is 0. The molecule has 6 nitrogen and oxygen atoms in total. The van der Waals surface area contributed by atoms with E-state index < -0.39 is 37.1 Å². The fourth-order valence-electron chi connectivity index (χ4n) is 1.11. The molecule has 0 saturated carbocycles. The molecule has 14 heavy (non-hydrogen) atoms. The standard InChI is InChI=1S/C7H17BO6/c1-3(10)5(12)6(13)7(14-8)4(11)2-9/h3-7,9-13H,2,8H2,1H3/t3-,4?,5?,6-,7?/m0/s1. The van der Waals surface area contributed by atoms with E-state index >= 15 is 0 Å². The summed E-state index contributed by atoms with van der Waals surface area (Å²) in [6.45, 7) is 0.702. The average molecular weight is 208 g/mol. The molecule has 0 aliphatic heterocycles. The van der Waals surface area contributed by atoms with Gasteiger partial charge in [-0.25, -0.2) is 0 Å². The van der Waals surface area contributed by atoms with Crippen LogP contribution in [-0.4, -0.2) is 70.7 Å². The molecule has 0 amide bonds. The van der Waals surface area contributed by atoms with Crippen molar-refractivity contribution in [3.63, 3.8) is 0 Å². The van der Waals surface area contributed by atoms with E-state index in [1.54, 1.807) is 0 Å². The first-order valence-corrected chi connectivity index (χ1v) is 4.31. The van der Waals surface area contributed by atoms with Crippen molar-refractivity contribution in [2.24, 2.45) is 0 Å². The number of rotatable bonds is 6. The van der Waals surface area contributed by atoms with E-state index in [1.165, 1.54) is 15.0 Å². The number of aliphatic hydroxyl groups is 5. The van der Waals surface area contributed by atoms with Crippen molar-refractivity contribution < 1.29 is 30.2 Å². The zero-order valence-electron chi connectivity index (χ0n) is 8.24. The van der Waals surface area contributed by atoms with Crippen LogP contribution in [0.3, 0.4) is 0 Å². The maximum absolute atomic E-state index is 9.44. The predicted octanol–water partition coefficient (Wildman–Crippen LogP) is -3.62. The summed E-state index contributed by atoms with van der Waals surface area (Å²) >= 11 is 0. The van der Waals surface area contributed by atoms with Gasteiger partial charge in [-0.05, 0) is 6.92 Å². The first-order chi connectivity index (χ1) is 6.45. The Kier molecular flexibility index (Phi) is 6.26. The van der Waals surface area contributed by atoms with E-state index in [9.17, 15) is 15.3 Å². The minimum absolute atomic E-state index is 0.595. The van der Waals surface area contributed by atoms with Crippen LogP contribution in [0.4, 0.5) is 0 Å². The maximum Gasteiger partial charge on any atom is 0.257 e. The normalized spacial score (nSPS) is 22.4. The Balaban J connectivity index is 4.37. The highest BCUT2D eigenvalue weighted by atomic mass is 16.5. The van der Waals surface area contributed by atoms with Gasteiger partial charge in [0.25, 0.3) is 8.05 Å². The third-order valence-corrected chi connectivity index (χ3v) is 2.02. The van der Waals surface area contributed by atoms with Crippen LogP contribution in [0.1, 0.15) is 6.92 Å². The van der Waals surface area contributed by atoms with Crippen LogP contribution >= 0.6 is 0 Å².